The quantitative estimate of drug-likeness (QED) is 0.909. The number of nitriles is 1. The van der Waals surface area contributed by atoms with Crippen molar-refractivity contribution < 1.29 is 9.18 Å². The molecule has 0 saturated carbocycles. The molecule has 0 heterocycles. The van der Waals surface area contributed by atoms with E-state index in [-0.39, 0.29) is 5.56 Å². The van der Waals surface area contributed by atoms with Gasteiger partial charge >= 0.3 is 0 Å². The predicted molar refractivity (Wildman–Crippen MR) is 80.1 cm³/mol. The highest BCUT2D eigenvalue weighted by Gasteiger charge is 2.12. The van der Waals surface area contributed by atoms with Crippen LogP contribution in [0.5, 0.6) is 0 Å². The number of nitrogens with one attached hydrogen (secondary N) is 2. The maximum atomic E-state index is 13.2. The largest absolute Gasteiger partial charge is 0.387 e. The molecule has 2 aromatic carbocycles. The van der Waals surface area contributed by atoms with E-state index < -0.39 is 11.7 Å². The maximum absolute atomic E-state index is 13.2. The number of anilines is 2. The Hall–Kier alpha value is -2.58. The first-order valence-electron chi connectivity index (χ1n) is 6.03. The van der Waals surface area contributed by atoms with Crippen LogP contribution in [0.1, 0.15) is 15.9 Å². The fourth-order valence-corrected chi connectivity index (χ4v) is 1.98. The topological polar surface area (TPSA) is 64.9 Å². The lowest BCUT2D eigenvalue weighted by Gasteiger charge is -2.10. The Kier molecular flexibility index (Phi) is 4.41. The molecular formula is C15H11ClFN3O. The summed E-state index contributed by atoms with van der Waals surface area (Å²) in [5.41, 5.74) is 1.17. The van der Waals surface area contributed by atoms with Gasteiger partial charge in [0, 0.05) is 23.4 Å². The number of benzene rings is 2. The van der Waals surface area contributed by atoms with Crippen LogP contribution in [0, 0.1) is 17.1 Å². The van der Waals surface area contributed by atoms with Gasteiger partial charge in [0.15, 0.2) is 0 Å². The average molecular weight is 304 g/mol. The zero-order chi connectivity index (χ0) is 15.4. The Balaban J connectivity index is 2.30. The summed E-state index contributed by atoms with van der Waals surface area (Å²) in [7, 11) is 1.69. The molecule has 0 aliphatic carbocycles. The van der Waals surface area contributed by atoms with Crippen molar-refractivity contribution >= 4 is 28.9 Å². The summed E-state index contributed by atoms with van der Waals surface area (Å²) in [4.78, 5) is 12.2. The highest BCUT2D eigenvalue weighted by molar-refractivity contribution is 6.31. The standard InChI is InChI=1S/C15H11ClFN3O/c1-19-14-5-2-10(16)7-12(14)15(21)20-11-3-4-13(17)9(6-11)8-18/h2-7,19H,1H3,(H,20,21). The second-order valence-corrected chi connectivity index (χ2v) is 4.64. The van der Waals surface area contributed by atoms with Crippen molar-refractivity contribution in [3.63, 3.8) is 0 Å². The van der Waals surface area contributed by atoms with Gasteiger partial charge in [0.25, 0.3) is 5.91 Å². The number of nitrogens with zero attached hydrogens (tertiary/aromatic N) is 1. The molecule has 0 spiro atoms. The lowest BCUT2D eigenvalue weighted by atomic mass is 10.1. The van der Waals surface area contributed by atoms with E-state index >= 15 is 0 Å². The summed E-state index contributed by atoms with van der Waals surface area (Å²) in [5, 5.41) is 14.7. The Morgan fingerprint density at radius 3 is 2.71 bits per heavy atom. The fraction of sp³-hybridized carbons (Fsp3) is 0.0667. The van der Waals surface area contributed by atoms with Gasteiger partial charge in [-0.15, -0.1) is 0 Å². The molecule has 0 aromatic heterocycles. The van der Waals surface area contributed by atoms with Crippen molar-refractivity contribution in [2.75, 3.05) is 17.7 Å². The molecule has 106 valence electrons. The van der Waals surface area contributed by atoms with Gasteiger partial charge in [-0.25, -0.2) is 4.39 Å². The molecule has 1 amide bonds. The van der Waals surface area contributed by atoms with Gasteiger partial charge in [0.1, 0.15) is 11.9 Å². The smallest absolute Gasteiger partial charge is 0.257 e. The molecule has 21 heavy (non-hydrogen) atoms. The molecule has 0 atom stereocenters. The predicted octanol–water partition coefficient (Wildman–Crippen LogP) is 3.64. The molecule has 0 unspecified atom stereocenters. The van der Waals surface area contributed by atoms with E-state index in [2.05, 4.69) is 10.6 Å². The minimum atomic E-state index is -0.630. The molecule has 2 rings (SSSR count). The van der Waals surface area contributed by atoms with Crippen LogP contribution in [0.25, 0.3) is 0 Å². The summed E-state index contributed by atoms with van der Waals surface area (Å²) in [6.45, 7) is 0. The van der Waals surface area contributed by atoms with E-state index in [0.29, 0.717) is 22.0 Å². The van der Waals surface area contributed by atoms with Crippen LogP contribution >= 0.6 is 11.6 Å². The molecule has 2 N–H and O–H groups in total. The summed E-state index contributed by atoms with van der Waals surface area (Å²) < 4.78 is 13.2. The van der Waals surface area contributed by atoms with Crippen molar-refractivity contribution in [2.45, 2.75) is 0 Å². The van der Waals surface area contributed by atoms with E-state index in [9.17, 15) is 9.18 Å². The number of hydrogen-bond donors (Lipinski definition) is 2. The van der Waals surface area contributed by atoms with Gasteiger partial charge < -0.3 is 10.6 Å². The third-order valence-corrected chi connectivity index (χ3v) is 3.08. The van der Waals surface area contributed by atoms with Crippen molar-refractivity contribution in [2.24, 2.45) is 0 Å². The number of amides is 1. The lowest BCUT2D eigenvalue weighted by Crippen LogP contribution is -2.14. The monoisotopic (exact) mass is 303 g/mol. The van der Waals surface area contributed by atoms with Crippen LogP contribution in [0.15, 0.2) is 36.4 Å². The average Bonchev–Trinajstić information content (AvgIpc) is 2.49. The van der Waals surface area contributed by atoms with Crippen molar-refractivity contribution in [3.05, 3.63) is 58.4 Å². The Morgan fingerprint density at radius 1 is 1.29 bits per heavy atom. The summed E-state index contributed by atoms with van der Waals surface area (Å²) in [5.74, 6) is -1.04. The molecule has 0 radical (unpaired) electrons. The minimum Gasteiger partial charge on any atom is -0.387 e. The highest BCUT2D eigenvalue weighted by Crippen LogP contribution is 2.22. The van der Waals surface area contributed by atoms with Crippen LogP contribution in [0.4, 0.5) is 15.8 Å². The van der Waals surface area contributed by atoms with Crippen molar-refractivity contribution in [3.8, 4) is 6.07 Å². The second kappa shape index (κ2) is 6.25. The van der Waals surface area contributed by atoms with Gasteiger partial charge in [-0.05, 0) is 36.4 Å². The number of rotatable bonds is 3. The van der Waals surface area contributed by atoms with Crippen LogP contribution in [-0.2, 0) is 0 Å². The minimum absolute atomic E-state index is 0.132. The zero-order valence-corrected chi connectivity index (χ0v) is 11.8. The number of carbonyl (C=O) groups excluding carboxylic acids is 1. The Bertz CT molecular complexity index is 740. The van der Waals surface area contributed by atoms with E-state index in [1.807, 2.05) is 0 Å². The first-order valence-corrected chi connectivity index (χ1v) is 6.41. The first-order chi connectivity index (χ1) is 10.0. The van der Waals surface area contributed by atoms with Gasteiger partial charge in [0.2, 0.25) is 0 Å². The third-order valence-electron chi connectivity index (χ3n) is 2.84. The fourth-order valence-electron chi connectivity index (χ4n) is 1.81. The molecule has 4 nitrogen and oxygen atoms in total. The van der Waals surface area contributed by atoms with Gasteiger partial charge in [-0.1, -0.05) is 11.6 Å². The van der Waals surface area contributed by atoms with Crippen LogP contribution < -0.4 is 10.6 Å². The van der Waals surface area contributed by atoms with E-state index in [1.165, 1.54) is 18.2 Å². The third kappa shape index (κ3) is 3.30. The van der Waals surface area contributed by atoms with Gasteiger partial charge in [-0.3, -0.25) is 4.79 Å². The van der Waals surface area contributed by atoms with Crippen molar-refractivity contribution in [1.29, 1.82) is 5.26 Å². The number of hydrogen-bond acceptors (Lipinski definition) is 3. The van der Waals surface area contributed by atoms with E-state index in [0.717, 1.165) is 6.07 Å². The van der Waals surface area contributed by atoms with E-state index in [4.69, 9.17) is 16.9 Å². The molecule has 6 heteroatoms. The highest BCUT2D eigenvalue weighted by atomic mass is 35.5. The number of halogens is 2. The van der Waals surface area contributed by atoms with Crippen LogP contribution in [-0.4, -0.2) is 13.0 Å². The molecule has 0 saturated heterocycles. The molecule has 0 aliphatic heterocycles. The SMILES string of the molecule is CNc1ccc(Cl)cc1C(=O)Nc1ccc(F)c(C#N)c1. The molecule has 0 bridgehead atoms. The lowest BCUT2D eigenvalue weighted by molar-refractivity contribution is 0.102. The van der Waals surface area contributed by atoms with E-state index in [1.54, 1.807) is 25.2 Å². The van der Waals surface area contributed by atoms with Crippen LogP contribution in [0.3, 0.4) is 0 Å². The summed E-state index contributed by atoms with van der Waals surface area (Å²) in [6.07, 6.45) is 0. The first kappa shape index (κ1) is 14.8. The Morgan fingerprint density at radius 2 is 2.05 bits per heavy atom. The summed E-state index contributed by atoms with van der Waals surface area (Å²) in [6, 6.07) is 10.4. The summed E-state index contributed by atoms with van der Waals surface area (Å²) >= 11 is 5.89. The number of carbonyl (C=O) groups is 1. The van der Waals surface area contributed by atoms with Crippen LogP contribution in [0.2, 0.25) is 5.02 Å². The zero-order valence-electron chi connectivity index (χ0n) is 11.1. The van der Waals surface area contributed by atoms with Gasteiger partial charge in [-0.2, -0.15) is 5.26 Å². The molecular weight excluding hydrogens is 293 g/mol. The van der Waals surface area contributed by atoms with Crippen molar-refractivity contribution in [1.82, 2.24) is 0 Å². The molecule has 0 aliphatic rings. The second-order valence-electron chi connectivity index (χ2n) is 4.20. The molecule has 0 fully saturated rings. The molecule has 2 aromatic rings. The Labute approximate surface area is 126 Å². The van der Waals surface area contributed by atoms with Gasteiger partial charge in [0.05, 0.1) is 11.1 Å². The normalized spacial score (nSPS) is 9.81. The maximum Gasteiger partial charge on any atom is 0.257 e.